The van der Waals surface area contributed by atoms with Crippen LogP contribution in [0.5, 0.6) is 0 Å². The number of anilines is 4. The third-order valence-electron chi connectivity index (χ3n) is 6.41. The van der Waals surface area contributed by atoms with Crippen LogP contribution in [0.3, 0.4) is 0 Å². The van der Waals surface area contributed by atoms with Crippen LogP contribution in [0.15, 0.2) is 40.6 Å². The van der Waals surface area contributed by atoms with Crippen LogP contribution in [0.2, 0.25) is 0 Å². The van der Waals surface area contributed by atoms with E-state index >= 15 is 0 Å². The number of aryl methyl sites for hydroxylation is 8. The first-order valence-electron chi connectivity index (χ1n) is 12.1. The lowest BCUT2D eigenvalue weighted by atomic mass is 10.0. The maximum Gasteiger partial charge on any atom is 0.161 e. The molecule has 4 aromatic rings. The molecule has 0 aliphatic heterocycles. The van der Waals surface area contributed by atoms with E-state index in [1.165, 1.54) is 33.8 Å². The van der Waals surface area contributed by atoms with Gasteiger partial charge in [0.05, 0.1) is 5.69 Å². The standard InChI is InChI=1S/C29H34N6S/c1-15-10-17(3)25(18(4)11-15)30-24-14-21(7)27(33-34-29-22(8)23(9)35-36-29)28(31-24)32-26-19(5)12-16(2)13-20(26)6/h10-14H,1-9H3,(H2,30,31,32). The highest BCUT2D eigenvalue weighted by Gasteiger charge is 2.15. The summed E-state index contributed by atoms with van der Waals surface area (Å²) < 4.78 is 4.40. The maximum absolute atomic E-state index is 4.99. The Kier molecular flexibility index (Phi) is 7.22. The Hall–Kier alpha value is -3.58. The van der Waals surface area contributed by atoms with E-state index in [-0.39, 0.29) is 0 Å². The Morgan fingerprint density at radius 2 is 1.17 bits per heavy atom. The molecule has 0 atom stereocenters. The number of hydrogen-bond donors (Lipinski definition) is 2. The zero-order chi connectivity index (χ0) is 26.1. The summed E-state index contributed by atoms with van der Waals surface area (Å²) in [5, 5.41) is 17.2. The second-order valence-electron chi connectivity index (χ2n) is 9.72. The van der Waals surface area contributed by atoms with Crippen molar-refractivity contribution in [1.29, 1.82) is 0 Å². The van der Waals surface area contributed by atoms with Crippen molar-refractivity contribution >= 4 is 45.2 Å². The first-order chi connectivity index (χ1) is 17.0. The van der Waals surface area contributed by atoms with E-state index in [2.05, 4.69) is 91.0 Å². The van der Waals surface area contributed by atoms with E-state index in [0.717, 1.165) is 50.1 Å². The van der Waals surface area contributed by atoms with Gasteiger partial charge in [-0.2, -0.15) is 4.37 Å². The molecule has 0 radical (unpaired) electrons. The molecule has 186 valence electrons. The van der Waals surface area contributed by atoms with Gasteiger partial charge in [0.1, 0.15) is 11.5 Å². The smallest absolute Gasteiger partial charge is 0.161 e. The summed E-state index contributed by atoms with van der Waals surface area (Å²) in [7, 11) is 0. The fourth-order valence-electron chi connectivity index (χ4n) is 4.54. The topological polar surface area (TPSA) is 74.6 Å². The number of nitrogens with zero attached hydrogens (tertiary/aromatic N) is 4. The summed E-state index contributed by atoms with van der Waals surface area (Å²) in [6.07, 6.45) is 0. The van der Waals surface area contributed by atoms with Crippen LogP contribution in [-0.4, -0.2) is 9.36 Å². The highest BCUT2D eigenvalue weighted by molar-refractivity contribution is 7.10. The number of benzene rings is 2. The van der Waals surface area contributed by atoms with Crippen LogP contribution in [-0.2, 0) is 0 Å². The number of nitrogens with one attached hydrogen (secondary N) is 2. The predicted molar refractivity (Wildman–Crippen MR) is 153 cm³/mol. The molecule has 6 nitrogen and oxygen atoms in total. The van der Waals surface area contributed by atoms with Gasteiger partial charge in [-0.1, -0.05) is 35.4 Å². The van der Waals surface area contributed by atoms with Gasteiger partial charge in [-0.3, -0.25) is 0 Å². The molecule has 0 amide bonds. The summed E-state index contributed by atoms with van der Waals surface area (Å²) in [5.74, 6) is 1.42. The largest absolute Gasteiger partial charge is 0.340 e. The Bertz CT molecular complexity index is 1440. The van der Waals surface area contributed by atoms with Crippen LogP contribution in [0.25, 0.3) is 0 Å². The van der Waals surface area contributed by atoms with E-state index in [0.29, 0.717) is 11.5 Å². The first kappa shape index (κ1) is 25.5. The molecule has 2 aromatic carbocycles. The molecule has 0 unspecified atom stereocenters. The minimum absolute atomic E-state index is 0.664. The van der Waals surface area contributed by atoms with Crippen molar-refractivity contribution in [3.05, 3.63) is 80.5 Å². The van der Waals surface area contributed by atoms with Gasteiger partial charge >= 0.3 is 0 Å². The summed E-state index contributed by atoms with van der Waals surface area (Å²) in [6.45, 7) is 18.8. The van der Waals surface area contributed by atoms with E-state index in [4.69, 9.17) is 4.98 Å². The van der Waals surface area contributed by atoms with Gasteiger partial charge in [0, 0.05) is 16.9 Å². The van der Waals surface area contributed by atoms with Gasteiger partial charge in [-0.05, 0) is 108 Å². The van der Waals surface area contributed by atoms with Gasteiger partial charge < -0.3 is 10.6 Å². The number of rotatable bonds is 6. The average molecular weight is 499 g/mol. The molecule has 0 bridgehead atoms. The average Bonchev–Trinajstić information content (AvgIpc) is 3.10. The lowest BCUT2D eigenvalue weighted by Gasteiger charge is -2.18. The molecule has 4 rings (SSSR count). The fraction of sp³-hybridized carbons (Fsp3) is 0.310. The molecule has 7 heteroatoms. The molecule has 0 aliphatic carbocycles. The van der Waals surface area contributed by atoms with Gasteiger partial charge in [-0.15, -0.1) is 10.2 Å². The summed E-state index contributed by atoms with van der Waals surface area (Å²) in [6, 6.07) is 10.7. The highest BCUT2D eigenvalue weighted by Crippen LogP contribution is 2.37. The third kappa shape index (κ3) is 5.31. The Morgan fingerprint density at radius 1 is 0.639 bits per heavy atom. The van der Waals surface area contributed by atoms with Gasteiger partial charge in [-0.25, -0.2) is 4.98 Å². The Morgan fingerprint density at radius 3 is 1.67 bits per heavy atom. The molecule has 0 saturated heterocycles. The van der Waals surface area contributed by atoms with Crippen molar-refractivity contribution in [1.82, 2.24) is 9.36 Å². The Labute approximate surface area is 218 Å². The number of aromatic nitrogens is 2. The summed E-state index contributed by atoms with van der Waals surface area (Å²) >= 11 is 1.36. The van der Waals surface area contributed by atoms with Crippen molar-refractivity contribution in [2.75, 3.05) is 10.6 Å². The van der Waals surface area contributed by atoms with E-state index in [1.54, 1.807) is 0 Å². The van der Waals surface area contributed by atoms with Gasteiger partial charge in [0.2, 0.25) is 0 Å². The van der Waals surface area contributed by atoms with Gasteiger partial charge in [0.25, 0.3) is 0 Å². The van der Waals surface area contributed by atoms with E-state index in [9.17, 15) is 0 Å². The van der Waals surface area contributed by atoms with Crippen molar-refractivity contribution in [2.24, 2.45) is 10.2 Å². The van der Waals surface area contributed by atoms with Crippen molar-refractivity contribution < 1.29 is 0 Å². The molecule has 0 aliphatic rings. The minimum atomic E-state index is 0.664. The van der Waals surface area contributed by atoms with Crippen molar-refractivity contribution in [3.63, 3.8) is 0 Å². The second kappa shape index (κ2) is 10.2. The van der Waals surface area contributed by atoms with E-state index in [1.807, 2.05) is 26.8 Å². The number of azo groups is 1. The predicted octanol–water partition coefficient (Wildman–Crippen LogP) is 9.22. The minimum Gasteiger partial charge on any atom is -0.340 e. The molecular weight excluding hydrogens is 464 g/mol. The van der Waals surface area contributed by atoms with E-state index < -0.39 is 0 Å². The van der Waals surface area contributed by atoms with Crippen LogP contribution in [0, 0.1) is 62.3 Å². The summed E-state index contributed by atoms with van der Waals surface area (Å²) in [5.41, 5.74) is 13.0. The van der Waals surface area contributed by atoms with Crippen LogP contribution in [0.1, 0.15) is 50.2 Å². The SMILES string of the molecule is Cc1cc(C)c(Nc2cc(C)c(N=Nc3snc(C)c3C)c(Nc3c(C)cc(C)cc3C)n2)c(C)c1. The molecule has 0 saturated carbocycles. The lowest BCUT2D eigenvalue weighted by molar-refractivity contribution is 1.16. The lowest BCUT2D eigenvalue weighted by Crippen LogP contribution is -2.04. The number of pyridine rings is 1. The highest BCUT2D eigenvalue weighted by atomic mass is 32.1. The monoisotopic (exact) mass is 498 g/mol. The maximum atomic E-state index is 4.99. The molecule has 2 aromatic heterocycles. The quantitative estimate of drug-likeness (QED) is 0.260. The molecule has 36 heavy (non-hydrogen) atoms. The fourth-order valence-corrected chi connectivity index (χ4v) is 5.26. The first-order valence-corrected chi connectivity index (χ1v) is 12.9. The molecule has 2 N–H and O–H groups in total. The molecule has 2 heterocycles. The zero-order valence-corrected chi connectivity index (χ0v) is 23.4. The van der Waals surface area contributed by atoms with Crippen LogP contribution < -0.4 is 10.6 Å². The van der Waals surface area contributed by atoms with Gasteiger partial charge in [0.15, 0.2) is 10.8 Å². The second-order valence-corrected chi connectivity index (χ2v) is 10.5. The third-order valence-corrected chi connectivity index (χ3v) is 7.33. The molecule has 0 fully saturated rings. The number of hydrogen-bond acceptors (Lipinski definition) is 7. The Balaban J connectivity index is 1.81. The summed E-state index contributed by atoms with van der Waals surface area (Å²) in [4.78, 5) is 4.99. The van der Waals surface area contributed by atoms with Crippen molar-refractivity contribution in [3.8, 4) is 0 Å². The van der Waals surface area contributed by atoms with Crippen LogP contribution in [0.4, 0.5) is 33.7 Å². The molecular formula is C29H34N6S. The normalized spacial score (nSPS) is 11.4. The molecule has 0 spiro atoms. The zero-order valence-electron chi connectivity index (χ0n) is 22.6. The van der Waals surface area contributed by atoms with Crippen molar-refractivity contribution in [2.45, 2.75) is 62.3 Å². The van der Waals surface area contributed by atoms with Crippen LogP contribution >= 0.6 is 11.5 Å².